The molecule has 7 heteroatoms. The summed E-state index contributed by atoms with van der Waals surface area (Å²) in [6.45, 7) is 1.01. The van der Waals surface area contributed by atoms with Crippen LogP contribution in [0.25, 0.3) is 0 Å². The Morgan fingerprint density at radius 1 is 1.47 bits per heavy atom. The van der Waals surface area contributed by atoms with Crippen LogP contribution in [0.2, 0.25) is 0 Å². The summed E-state index contributed by atoms with van der Waals surface area (Å²) < 4.78 is 43.3. The average molecular weight is 266 g/mol. The van der Waals surface area contributed by atoms with E-state index in [4.69, 9.17) is 10.5 Å². The summed E-state index contributed by atoms with van der Waals surface area (Å²) in [7, 11) is 0. The van der Waals surface area contributed by atoms with Gasteiger partial charge in [0.1, 0.15) is 0 Å². The van der Waals surface area contributed by atoms with Gasteiger partial charge in [0.25, 0.3) is 0 Å². The van der Waals surface area contributed by atoms with E-state index in [0.717, 1.165) is 24.2 Å². The maximum atomic E-state index is 12.7. The molecule has 1 unspecified atom stereocenters. The highest BCUT2D eigenvalue weighted by atomic mass is 32.1. The Labute approximate surface area is 101 Å². The molecule has 0 saturated carbocycles. The molecular weight excluding hydrogens is 253 g/mol. The second kappa shape index (κ2) is 4.91. The lowest BCUT2D eigenvalue weighted by Crippen LogP contribution is -2.16. The van der Waals surface area contributed by atoms with Crippen LogP contribution in [-0.2, 0) is 17.5 Å². The first-order valence-corrected chi connectivity index (χ1v) is 6.18. The van der Waals surface area contributed by atoms with Crippen molar-refractivity contribution in [1.82, 2.24) is 4.98 Å². The zero-order valence-electron chi connectivity index (χ0n) is 9.09. The molecule has 0 aliphatic carbocycles. The van der Waals surface area contributed by atoms with Crippen LogP contribution < -0.4 is 5.73 Å². The SMILES string of the molecule is NCc1sc(C2CCCOC2)nc1C(F)(F)F. The zero-order chi connectivity index (χ0) is 12.5. The monoisotopic (exact) mass is 266 g/mol. The summed E-state index contributed by atoms with van der Waals surface area (Å²) in [5, 5.41) is 0.498. The highest BCUT2D eigenvalue weighted by molar-refractivity contribution is 7.11. The van der Waals surface area contributed by atoms with Crippen LogP contribution in [0.5, 0.6) is 0 Å². The van der Waals surface area contributed by atoms with Gasteiger partial charge in [0, 0.05) is 19.1 Å². The molecule has 0 amide bonds. The highest BCUT2D eigenvalue weighted by Gasteiger charge is 2.38. The lowest BCUT2D eigenvalue weighted by atomic mass is 10.0. The predicted octanol–water partition coefficient (Wildman–Crippen LogP) is 2.51. The van der Waals surface area contributed by atoms with Gasteiger partial charge in [0.2, 0.25) is 0 Å². The Kier molecular flexibility index (Phi) is 3.70. The molecular formula is C10H13F3N2OS. The summed E-state index contributed by atoms with van der Waals surface area (Å²) in [5.74, 6) is -0.0184. The largest absolute Gasteiger partial charge is 0.434 e. The molecule has 1 atom stereocenters. The number of thiazole rings is 1. The third-order valence-electron chi connectivity index (χ3n) is 2.68. The quantitative estimate of drug-likeness (QED) is 0.894. The van der Waals surface area contributed by atoms with Gasteiger partial charge in [-0.2, -0.15) is 13.2 Å². The Balaban J connectivity index is 2.27. The van der Waals surface area contributed by atoms with Crippen LogP contribution in [-0.4, -0.2) is 18.2 Å². The van der Waals surface area contributed by atoms with Gasteiger partial charge in [-0.1, -0.05) is 0 Å². The Morgan fingerprint density at radius 3 is 2.71 bits per heavy atom. The molecule has 0 spiro atoms. The van der Waals surface area contributed by atoms with Crippen molar-refractivity contribution < 1.29 is 17.9 Å². The van der Waals surface area contributed by atoms with Crippen molar-refractivity contribution >= 4 is 11.3 Å². The van der Waals surface area contributed by atoms with Gasteiger partial charge in [0.15, 0.2) is 5.69 Å². The van der Waals surface area contributed by atoms with Crippen molar-refractivity contribution in [2.45, 2.75) is 31.5 Å². The van der Waals surface area contributed by atoms with Crippen molar-refractivity contribution in [2.24, 2.45) is 5.73 Å². The van der Waals surface area contributed by atoms with Gasteiger partial charge in [-0.05, 0) is 12.8 Å². The van der Waals surface area contributed by atoms with E-state index in [1.54, 1.807) is 0 Å². The molecule has 1 aromatic rings. The van der Waals surface area contributed by atoms with Gasteiger partial charge in [-0.25, -0.2) is 4.98 Å². The normalized spacial score (nSPS) is 21.8. The summed E-state index contributed by atoms with van der Waals surface area (Å²) in [5.41, 5.74) is 4.50. The summed E-state index contributed by atoms with van der Waals surface area (Å²) in [4.78, 5) is 3.82. The van der Waals surface area contributed by atoms with Gasteiger partial charge < -0.3 is 10.5 Å². The Morgan fingerprint density at radius 2 is 2.24 bits per heavy atom. The summed E-state index contributed by atoms with van der Waals surface area (Å²) in [6, 6.07) is 0. The maximum Gasteiger partial charge on any atom is 0.434 e. The maximum absolute atomic E-state index is 12.7. The topological polar surface area (TPSA) is 48.1 Å². The van der Waals surface area contributed by atoms with Crippen LogP contribution in [0, 0.1) is 0 Å². The van der Waals surface area contributed by atoms with Crippen molar-refractivity contribution in [3.63, 3.8) is 0 Å². The number of halogens is 3. The second-order valence-electron chi connectivity index (χ2n) is 3.94. The van der Waals surface area contributed by atoms with Crippen LogP contribution in [0.4, 0.5) is 13.2 Å². The van der Waals surface area contributed by atoms with E-state index in [9.17, 15) is 13.2 Å². The Hall–Kier alpha value is -0.660. The van der Waals surface area contributed by atoms with Crippen molar-refractivity contribution in [3.8, 4) is 0 Å². The van der Waals surface area contributed by atoms with Crippen molar-refractivity contribution in [3.05, 3.63) is 15.6 Å². The van der Waals surface area contributed by atoms with E-state index >= 15 is 0 Å². The van der Waals surface area contributed by atoms with Crippen LogP contribution in [0.3, 0.4) is 0 Å². The van der Waals surface area contributed by atoms with E-state index in [1.165, 1.54) is 0 Å². The number of ether oxygens (including phenoxy) is 1. The Bertz CT molecular complexity index is 385. The highest BCUT2D eigenvalue weighted by Crippen LogP contribution is 2.37. The molecule has 1 fully saturated rings. The molecule has 0 radical (unpaired) electrons. The zero-order valence-corrected chi connectivity index (χ0v) is 9.90. The first-order chi connectivity index (χ1) is 8.02. The second-order valence-corrected chi connectivity index (χ2v) is 5.06. The van der Waals surface area contributed by atoms with Gasteiger partial charge in [-0.15, -0.1) is 11.3 Å². The standard InChI is InChI=1S/C10H13F3N2OS/c11-10(12,13)8-7(4-14)17-9(15-8)6-2-1-3-16-5-6/h6H,1-5,14H2. The van der Waals surface area contributed by atoms with Gasteiger partial charge in [-0.3, -0.25) is 0 Å². The minimum atomic E-state index is -4.42. The van der Waals surface area contributed by atoms with Gasteiger partial charge in [0.05, 0.1) is 16.5 Å². The minimum Gasteiger partial charge on any atom is -0.381 e. The number of hydrogen-bond donors (Lipinski definition) is 1. The van der Waals surface area contributed by atoms with Crippen LogP contribution in [0.1, 0.15) is 34.3 Å². The van der Waals surface area contributed by atoms with E-state index in [0.29, 0.717) is 18.2 Å². The van der Waals surface area contributed by atoms with E-state index < -0.39 is 11.9 Å². The number of rotatable bonds is 2. The number of nitrogens with zero attached hydrogens (tertiary/aromatic N) is 1. The molecule has 0 bridgehead atoms. The molecule has 0 aromatic carbocycles. The fraction of sp³-hybridized carbons (Fsp3) is 0.700. The molecule has 2 N–H and O–H groups in total. The lowest BCUT2D eigenvalue weighted by molar-refractivity contribution is -0.141. The van der Waals surface area contributed by atoms with Crippen molar-refractivity contribution in [1.29, 1.82) is 0 Å². The average Bonchev–Trinajstić information content (AvgIpc) is 2.74. The first kappa shape index (κ1) is 12.8. The summed E-state index contributed by atoms with van der Waals surface area (Å²) in [6.07, 6.45) is -2.72. The third-order valence-corrected chi connectivity index (χ3v) is 3.92. The van der Waals surface area contributed by atoms with Crippen LogP contribution >= 0.6 is 11.3 Å². The predicted molar refractivity (Wildman–Crippen MR) is 57.8 cm³/mol. The summed E-state index contributed by atoms with van der Waals surface area (Å²) >= 11 is 1.06. The fourth-order valence-corrected chi connectivity index (χ4v) is 2.92. The molecule has 17 heavy (non-hydrogen) atoms. The molecule has 3 nitrogen and oxygen atoms in total. The van der Waals surface area contributed by atoms with E-state index in [2.05, 4.69) is 4.98 Å². The number of aromatic nitrogens is 1. The molecule has 2 rings (SSSR count). The number of hydrogen-bond acceptors (Lipinski definition) is 4. The fourth-order valence-electron chi connectivity index (χ4n) is 1.84. The van der Waals surface area contributed by atoms with Crippen molar-refractivity contribution in [2.75, 3.05) is 13.2 Å². The number of alkyl halides is 3. The van der Waals surface area contributed by atoms with E-state index in [1.807, 2.05) is 0 Å². The molecule has 2 heterocycles. The molecule has 96 valence electrons. The molecule has 1 aromatic heterocycles. The molecule has 1 aliphatic rings. The van der Waals surface area contributed by atoms with Gasteiger partial charge >= 0.3 is 6.18 Å². The smallest absolute Gasteiger partial charge is 0.381 e. The lowest BCUT2D eigenvalue weighted by Gasteiger charge is -2.19. The first-order valence-electron chi connectivity index (χ1n) is 5.37. The van der Waals surface area contributed by atoms with E-state index in [-0.39, 0.29) is 17.3 Å². The molecule has 1 aliphatic heterocycles. The minimum absolute atomic E-state index is 0.0184. The molecule has 1 saturated heterocycles. The third kappa shape index (κ3) is 2.78. The number of nitrogens with two attached hydrogens (primary N) is 1. The van der Waals surface area contributed by atoms with Crippen LogP contribution in [0.15, 0.2) is 0 Å².